The molecule has 1 unspecified atom stereocenters. The number of rotatable bonds is 3. The van der Waals surface area contributed by atoms with E-state index in [1.165, 1.54) is 0 Å². The molecule has 1 saturated heterocycles. The van der Waals surface area contributed by atoms with E-state index in [4.69, 9.17) is 0 Å². The second-order valence-corrected chi connectivity index (χ2v) is 4.05. The van der Waals surface area contributed by atoms with Crippen LogP contribution in [0.5, 0.6) is 0 Å². The predicted octanol–water partition coefficient (Wildman–Crippen LogP) is -0.242. The van der Waals surface area contributed by atoms with Gasteiger partial charge in [0.2, 0.25) is 5.91 Å². The Bertz CT molecular complexity index is 196. The molecule has 1 amide bonds. The lowest BCUT2D eigenvalue weighted by Gasteiger charge is -2.26. The van der Waals surface area contributed by atoms with Crippen LogP contribution in [0.4, 0.5) is 0 Å². The van der Waals surface area contributed by atoms with Crippen molar-refractivity contribution in [3.8, 4) is 0 Å². The van der Waals surface area contributed by atoms with Gasteiger partial charge in [-0.25, -0.2) is 0 Å². The van der Waals surface area contributed by atoms with Crippen LogP contribution in [0.3, 0.4) is 0 Å². The number of carbonyl (C=O) groups is 1. The highest BCUT2D eigenvalue weighted by molar-refractivity contribution is 5.78. The number of nitrogens with zero attached hydrogens (tertiary/aromatic N) is 2. The molecule has 0 radical (unpaired) electrons. The molecule has 0 aromatic rings. The molecule has 4 nitrogen and oxygen atoms in total. The van der Waals surface area contributed by atoms with E-state index >= 15 is 0 Å². The van der Waals surface area contributed by atoms with Gasteiger partial charge in [-0.1, -0.05) is 0 Å². The highest BCUT2D eigenvalue weighted by Gasteiger charge is 2.21. The monoisotopic (exact) mass is 199 g/mol. The fraction of sp³-hybridized carbons (Fsp3) is 0.900. The van der Waals surface area contributed by atoms with E-state index < -0.39 is 0 Å². The molecule has 0 saturated carbocycles. The summed E-state index contributed by atoms with van der Waals surface area (Å²) >= 11 is 0. The first kappa shape index (κ1) is 11.5. The number of hydrogen-bond acceptors (Lipinski definition) is 3. The number of amides is 1. The number of carbonyl (C=O) groups excluding carboxylic acids is 1. The molecule has 0 aromatic heterocycles. The maximum atomic E-state index is 11.6. The van der Waals surface area contributed by atoms with Gasteiger partial charge in [0.15, 0.2) is 0 Å². The summed E-state index contributed by atoms with van der Waals surface area (Å²) in [4.78, 5) is 15.7. The van der Waals surface area contributed by atoms with Crippen molar-refractivity contribution >= 4 is 5.91 Å². The Kier molecular flexibility index (Phi) is 4.35. The summed E-state index contributed by atoms with van der Waals surface area (Å²) in [6.45, 7) is 5.59. The lowest BCUT2D eigenvalue weighted by molar-refractivity contribution is -0.130. The smallest absolute Gasteiger partial charge is 0.236 e. The zero-order valence-electron chi connectivity index (χ0n) is 9.42. The van der Waals surface area contributed by atoms with E-state index in [1.54, 1.807) is 0 Å². The number of hydrogen-bond donors (Lipinski definition) is 1. The topological polar surface area (TPSA) is 35.6 Å². The van der Waals surface area contributed by atoms with Crippen molar-refractivity contribution in [2.45, 2.75) is 19.4 Å². The van der Waals surface area contributed by atoms with Crippen LogP contribution in [-0.2, 0) is 4.79 Å². The van der Waals surface area contributed by atoms with Crippen LogP contribution in [0.1, 0.15) is 13.3 Å². The van der Waals surface area contributed by atoms with Crippen molar-refractivity contribution < 1.29 is 4.79 Å². The average Bonchev–Trinajstić information content (AvgIpc) is 2.30. The molecule has 1 fully saturated rings. The first-order chi connectivity index (χ1) is 6.65. The van der Waals surface area contributed by atoms with Crippen LogP contribution in [0, 0.1) is 0 Å². The Morgan fingerprint density at radius 1 is 1.50 bits per heavy atom. The molecule has 0 spiro atoms. The average molecular weight is 199 g/mol. The Labute approximate surface area is 86.2 Å². The largest absolute Gasteiger partial charge is 0.345 e. The molecule has 0 aliphatic carbocycles. The molecule has 1 rings (SSSR count). The number of likely N-dealkylation sites (N-methyl/N-ethyl adjacent to an activating group) is 2. The van der Waals surface area contributed by atoms with Gasteiger partial charge in [0, 0.05) is 32.7 Å². The lowest BCUT2D eigenvalue weighted by atomic mass is 10.2. The molecule has 1 heterocycles. The molecular formula is C10H21N3O. The Morgan fingerprint density at radius 3 is 2.86 bits per heavy atom. The first-order valence-electron chi connectivity index (χ1n) is 5.27. The SMILES string of the molecule is CNCC(C)N1CCCN(C)C(=O)C1. The minimum absolute atomic E-state index is 0.241. The van der Waals surface area contributed by atoms with Gasteiger partial charge in [-0.15, -0.1) is 0 Å². The van der Waals surface area contributed by atoms with Crippen LogP contribution in [0.2, 0.25) is 0 Å². The standard InChI is InChI=1S/C10H21N3O/c1-9(7-11-2)13-6-4-5-12(3)10(14)8-13/h9,11H,4-8H2,1-3H3. The van der Waals surface area contributed by atoms with Crippen molar-refractivity contribution in [2.24, 2.45) is 0 Å². The van der Waals surface area contributed by atoms with Crippen molar-refractivity contribution in [1.29, 1.82) is 0 Å². The van der Waals surface area contributed by atoms with Crippen LogP contribution >= 0.6 is 0 Å². The highest BCUT2D eigenvalue weighted by Crippen LogP contribution is 2.06. The summed E-state index contributed by atoms with van der Waals surface area (Å²) in [5, 5.41) is 3.14. The first-order valence-corrected chi connectivity index (χ1v) is 5.27. The third-order valence-corrected chi connectivity index (χ3v) is 2.83. The quantitative estimate of drug-likeness (QED) is 0.681. The molecule has 1 N–H and O–H groups in total. The van der Waals surface area contributed by atoms with Gasteiger partial charge in [-0.3, -0.25) is 9.69 Å². The molecule has 0 bridgehead atoms. The predicted molar refractivity (Wildman–Crippen MR) is 57.2 cm³/mol. The molecule has 1 atom stereocenters. The van der Waals surface area contributed by atoms with Crippen LogP contribution in [0.25, 0.3) is 0 Å². The zero-order valence-corrected chi connectivity index (χ0v) is 9.42. The van der Waals surface area contributed by atoms with Crippen molar-refractivity contribution in [3.63, 3.8) is 0 Å². The maximum Gasteiger partial charge on any atom is 0.236 e. The third-order valence-electron chi connectivity index (χ3n) is 2.83. The van der Waals surface area contributed by atoms with Gasteiger partial charge in [-0.05, 0) is 20.4 Å². The summed E-state index contributed by atoms with van der Waals surface area (Å²) in [5.74, 6) is 0.241. The molecule has 0 aromatic carbocycles. The summed E-state index contributed by atoms with van der Waals surface area (Å²) < 4.78 is 0. The van der Waals surface area contributed by atoms with Gasteiger partial charge in [0.1, 0.15) is 0 Å². The fourth-order valence-corrected chi connectivity index (χ4v) is 1.81. The second kappa shape index (κ2) is 5.32. The zero-order chi connectivity index (χ0) is 10.6. The van der Waals surface area contributed by atoms with Gasteiger partial charge < -0.3 is 10.2 Å². The molecular weight excluding hydrogens is 178 g/mol. The summed E-state index contributed by atoms with van der Waals surface area (Å²) in [5.41, 5.74) is 0. The number of nitrogens with one attached hydrogen (secondary N) is 1. The van der Waals surface area contributed by atoms with E-state index in [0.717, 1.165) is 26.1 Å². The van der Waals surface area contributed by atoms with Crippen molar-refractivity contribution in [2.75, 3.05) is 40.3 Å². The third kappa shape index (κ3) is 2.96. The molecule has 1 aliphatic heterocycles. The van der Waals surface area contributed by atoms with E-state index in [-0.39, 0.29) is 5.91 Å². The molecule has 1 aliphatic rings. The Balaban J connectivity index is 2.49. The van der Waals surface area contributed by atoms with E-state index in [9.17, 15) is 4.79 Å². The van der Waals surface area contributed by atoms with Crippen LogP contribution in [0.15, 0.2) is 0 Å². The van der Waals surface area contributed by atoms with Crippen LogP contribution in [-0.4, -0.2) is 62.0 Å². The second-order valence-electron chi connectivity index (χ2n) is 4.05. The minimum atomic E-state index is 0.241. The molecule has 4 heteroatoms. The molecule has 82 valence electrons. The summed E-state index contributed by atoms with van der Waals surface area (Å²) in [6, 6.07) is 0.440. The molecule has 14 heavy (non-hydrogen) atoms. The summed E-state index contributed by atoms with van der Waals surface area (Å²) in [7, 11) is 3.83. The van der Waals surface area contributed by atoms with E-state index in [0.29, 0.717) is 12.6 Å². The maximum absolute atomic E-state index is 11.6. The van der Waals surface area contributed by atoms with Gasteiger partial charge in [0.25, 0.3) is 0 Å². The van der Waals surface area contributed by atoms with Gasteiger partial charge in [-0.2, -0.15) is 0 Å². The Hall–Kier alpha value is -0.610. The van der Waals surface area contributed by atoms with E-state index in [2.05, 4.69) is 17.1 Å². The van der Waals surface area contributed by atoms with Crippen molar-refractivity contribution in [1.82, 2.24) is 15.1 Å². The Morgan fingerprint density at radius 2 is 2.21 bits per heavy atom. The lowest BCUT2D eigenvalue weighted by Crippen LogP contribution is -2.43. The minimum Gasteiger partial charge on any atom is -0.345 e. The normalized spacial score (nSPS) is 22.2. The summed E-state index contributed by atoms with van der Waals surface area (Å²) in [6.07, 6.45) is 1.08. The van der Waals surface area contributed by atoms with Gasteiger partial charge in [0.05, 0.1) is 6.54 Å². The van der Waals surface area contributed by atoms with Gasteiger partial charge >= 0.3 is 0 Å². The van der Waals surface area contributed by atoms with Crippen molar-refractivity contribution in [3.05, 3.63) is 0 Å². The fourth-order valence-electron chi connectivity index (χ4n) is 1.81. The van der Waals surface area contributed by atoms with E-state index in [1.807, 2.05) is 19.0 Å². The van der Waals surface area contributed by atoms with Crippen LogP contribution < -0.4 is 5.32 Å². The highest BCUT2D eigenvalue weighted by atomic mass is 16.2.